The van der Waals surface area contributed by atoms with Crippen molar-refractivity contribution < 1.29 is 24.9 Å². The molecule has 2 aliphatic rings. The number of piperidine rings is 1. The zero-order valence-corrected chi connectivity index (χ0v) is 20.4. The van der Waals surface area contributed by atoms with Gasteiger partial charge >= 0.3 is 5.97 Å². The Hall–Kier alpha value is -2.28. The molecular weight excluding hydrogens is 420 g/mol. The number of nitrogens with one attached hydrogen (secondary N) is 1. The third-order valence-electron chi connectivity index (χ3n) is 7.41. The molecule has 0 bridgehead atoms. The average Bonchev–Trinajstić information content (AvgIpc) is 3.28. The van der Waals surface area contributed by atoms with Crippen LogP contribution in [0.3, 0.4) is 0 Å². The maximum Gasteiger partial charge on any atom is 0.324 e. The van der Waals surface area contributed by atoms with Gasteiger partial charge in [0, 0.05) is 25.2 Å². The van der Waals surface area contributed by atoms with E-state index in [1.54, 1.807) is 11.0 Å². The van der Waals surface area contributed by atoms with Gasteiger partial charge in [-0.3, -0.25) is 14.9 Å². The lowest BCUT2D eigenvalue weighted by atomic mass is 9.75. The normalized spacial score (nSPS) is 19.9. The molecule has 0 aromatic heterocycles. The second-order valence-corrected chi connectivity index (χ2v) is 10.6. The van der Waals surface area contributed by atoms with Gasteiger partial charge in [0.05, 0.1) is 5.56 Å². The molecule has 3 rings (SSSR count). The largest absolute Gasteiger partial charge is 0.508 e. The summed E-state index contributed by atoms with van der Waals surface area (Å²) in [5, 5.41) is 34.2. The Morgan fingerprint density at radius 2 is 1.64 bits per heavy atom. The van der Waals surface area contributed by atoms with Crippen LogP contribution in [0.15, 0.2) is 12.1 Å². The standard InChI is InChI=1S/C26H40N2O5/c1-16(2)15-26(25(32)33,18-7-5-6-8-18)27-19-9-11-28(12-10-19)24(31)21-13-20(17(3)4)22(29)14-23(21)30/h13-14,16-19,27,29-30H,5-12,15H2,1-4H3,(H,32,33)/t26-/m1/s1. The number of phenolic OH excluding ortho intramolecular Hbond substituents is 2. The van der Waals surface area contributed by atoms with Crippen LogP contribution in [0.25, 0.3) is 0 Å². The molecule has 1 aliphatic heterocycles. The van der Waals surface area contributed by atoms with Gasteiger partial charge in [0.2, 0.25) is 0 Å². The molecule has 1 heterocycles. The first-order chi connectivity index (χ1) is 15.5. The third-order valence-corrected chi connectivity index (χ3v) is 7.41. The van der Waals surface area contributed by atoms with E-state index in [-0.39, 0.29) is 46.8 Å². The van der Waals surface area contributed by atoms with Gasteiger partial charge in [-0.2, -0.15) is 0 Å². The van der Waals surface area contributed by atoms with Gasteiger partial charge in [-0.15, -0.1) is 0 Å². The van der Waals surface area contributed by atoms with Gasteiger partial charge in [0.25, 0.3) is 5.91 Å². The predicted molar refractivity (Wildman–Crippen MR) is 128 cm³/mol. The topological polar surface area (TPSA) is 110 Å². The number of amides is 1. The lowest BCUT2D eigenvalue weighted by Gasteiger charge is -2.43. The summed E-state index contributed by atoms with van der Waals surface area (Å²) in [7, 11) is 0. The van der Waals surface area contributed by atoms with Crippen molar-refractivity contribution in [1.82, 2.24) is 10.2 Å². The van der Waals surface area contributed by atoms with Crippen LogP contribution in [-0.4, -0.2) is 56.8 Å². The van der Waals surface area contributed by atoms with E-state index in [4.69, 9.17) is 0 Å². The molecule has 0 radical (unpaired) electrons. The molecule has 1 amide bonds. The molecule has 1 atom stereocenters. The maximum absolute atomic E-state index is 13.1. The van der Waals surface area contributed by atoms with Crippen molar-refractivity contribution in [2.45, 2.75) is 90.1 Å². The van der Waals surface area contributed by atoms with Gasteiger partial charge in [-0.05, 0) is 61.5 Å². The van der Waals surface area contributed by atoms with Crippen molar-refractivity contribution >= 4 is 11.9 Å². The predicted octanol–water partition coefficient (Wildman–Crippen LogP) is 4.48. The number of carbonyl (C=O) groups is 2. The van der Waals surface area contributed by atoms with Gasteiger partial charge in [0.1, 0.15) is 17.0 Å². The van der Waals surface area contributed by atoms with Crippen LogP contribution in [0, 0.1) is 11.8 Å². The number of carboxylic acids is 1. The highest BCUT2D eigenvalue weighted by Gasteiger charge is 2.48. The van der Waals surface area contributed by atoms with Crippen LogP contribution in [0.2, 0.25) is 0 Å². The SMILES string of the molecule is CC(C)C[C@](NC1CCN(C(=O)c2cc(C(C)C)c(O)cc2O)CC1)(C(=O)O)C1CCCC1. The first-order valence-electron chi connectivity index (χ1n) is 12.4. The number of likely N-dealkylation sites (tertiary alicyclic amines) is 1. The van der Waals surface area contributed by atoms with Crippen LogP contribution < -0.4 is 5.32 Å². The van der Waals surface area contributed by atoms with E-state index in [1.165, 1.54) is 6.07 Å². The van der Waals surface area contributed by atoms with Gasteiger partial charge in [-0.1, -0.05) is 40.5 Å². The zero-order chi connectivity index (χ0) is 24.3. The molecule has 4 N–H and O–H groups in total. The fraction of sp³-hybridized carbons (Fsp3) is 0.692. The number of nitrogens with zero attached hydrogens (tertiary/aromatic N) is 1. The van der Waals surface area contributed by atoms with Crippen LogP contribution >= 0.6 is 0 Å². The van der Waals surface area contributed by atoms with E-state index in [9.17, 15) is 24.9 Å². The highest BCUT2D eigenvalue weighted by atomic mass is 16.4. The second-order valence-electron chi connectivity index (χ2n) is 10.6. The van der Waals surface area contributed by atoms with Crippen LogP contribution in [-0.2, 0) is 4.79 Å². The molecule has 33 heavy (non-hydrogen) atoms. The van der Waals surface area contributed by atoms with E-state index >= 15 is 0 Å². The highest BCUT2D eigenvalue weighted by Crippen LogP contribution is 2.39. The molecule has 7 heteroatoms. The number of aliphatic carboxylic acids is 1. The van der Waals surface area contributed by atoms with Crippen molar-refractivity contribution in [1.29, 1.82) is 0 Å². The van der Waals surface area contributed by atoms with Crippen molar-refractivity contribution in [2.24, 2.45) is 11.8 Å². The monoisotopic (exact) mass is 460 g/mol. The first-order valence-corrected chi connectivity index (χ1v) is 12.4. The minimum absolute atomic E-state index is 0.0102. The number of phenols is 2. The molecule has 2 fully saturated rings. The average molecular weight is 461 g/mol. The number of hydrogen-bond acceptors (Lipinski definition) is 5. The van der Waals surface area contributed by atoms with Crippen molar-refractivity contribution in [3.05, 3.63) is 23.3 Å². The maximum atomic E-state index is 13.1. The summed E-state index contributed by atoms with van der Waals surface area (Å²) in [5.41, 5.74) is -0.0825. The Bertz CT molecular complexity index is 854. The Balaban J connectivity index is 1.71. The number of hydrogen-bond donors (Lipinski definition) is 4. The van der Waals surface area contributed by atoms with E-state index in [2.05, 4.69) is 19.2 Å². The Morgan fingerprint density at radius 3 is 2.15 bits per heavy atom. The molecule has 7 nitrogen and oxygen atoms in total. The summed E-state index contributed by atoms with van der Waals surface area (Å²) in [4.78, 5) is 27.4. The van der Waals surface area contributed by atoms with E-state index in [0.717, 1.165) is 25.7 Å². The van der Waals surface area contributed by atoms with Gasteiger partial charge in [-0.25, -0.2) is 0 Å². The van der Waals surface area contributed by atoms with Crippen LogP contribution in [0.1, 0.15) is 94.5 Å². The number of carboxylic acid groups (broad SMARTS) is 1. The smallest absolute Gasteiger partial charge is 0.324 e. The molecule has 1 aromatic rings. The summed E-state index contributed by atoms with van der Waals surface area (Å²) >= 11 is 0. The van der Waals surface area contributed by atoms with E-state index < -0.39 is 11.5 Å². The quantitative estimate of drug-likeness (QED) is 0.455. The summed E-state index contributed by atoms with van der Waals surface area (Å²) in [6, 6.07) is 2.86. The number of carbonyl (C=O) groups excluding carboxylic acids is 1. The molecule has 1 aromatic carbocycles. The van der Waals surface area contributed by atoms with Gasteiger partial charge in [0.15, 0.2) is 0 Å². The fourth-order valence-corrected chi connectivity index (χ4v) is 5.72. The highest BCUT2D eigenvalue weighted by molar-refractivity contribution is 5.97. The third kappa shape index (κ3) is 5.45. The molecule has 1 aliphatic carbocycles. The Morgan fingerprint density at radius 1 is 1.03 bits per heavy atom. The number of benzene rings is 1. The summed E-state index contributed by atoms with van der Waals surface area (Å²) in [6.45, 7) is 8.99. The molecule has 0 unspecified atom stereocenters. The lowest BCUT2D eigenvalue weighted by molar-refractivity contribution is -0.149. The molecule has 1 saturated carbocycles. The molecule has 1 saturated heterocycles. The summed E-state index contributed by atoms with van der Waals surface area (Å²) < 4.78 is 0. The fourth-order valence-electron chi connectivity index (χ4n) is 5.72. The minimum atomic E-state index is -0.914. The Kier molecular flexibility index (Phi) is 7.93. The van der Waals surface area contributed by atoms with Gasteiger partial charge < -0.3 is 20.2 Å². The second kappa shape index (κ2) is 10.3. The number of aromatic hydroxyl groups is 2. The van der Waals surface area contributed by atoms with E-state index in [1.807, 2.05) is 13.8 Å². The summed E-state index contributed by atoms with van der Waals surface area (Å²) in [6.07, 6.45) is 6.00. The van der Waals surface area contributed by atoms with Crippen molar-refractivity contribution in [3.8, 4) is 11.5 Å². The first kappa shape index (κ1) is 25.3. The zero-order valence-electron chi connectivity index (χ0n) is 20.4. The van der Waals surface area contributed by atoms with E-state index in [0.29, 0.717) is 37.9 Å². The van der Waals surface area contributed by atoms with Crippen LogP contribution in [0.5, 0.6) is 11.5 Å². The lowest BCUT2D eigenvalue weighted by Crippen LogP contribution is -2.62. The van der Waals surface area contributed by atoms with Crippen LogP contribution in [0.4, 0.5) is 0 Å². The molecular formula is C26H40N2O5. The summed E-state index contributed by atoms with van der Waals surface area (Å²) in [5.74, 6) is -0.807. The molecule has 0 spiro atoms. The van der Waals surface area contributed by atoms with Crippen molar-refractivity contribution in [2.75, 3.05) is 13.1 Å². The number of rotatable bonds is 8. The van der Waals surface area contributed by atoms with Crippen molar-refractivity contribution in [3.63, 3.8) is 0 Å². The molecule has 184 valence electrons. The Labute approximate surface area is 197 Å². The minimum Gasteiger partial charge on any atom is -0.508 e.